The Labute approximate surface area is 40.5 Å². The molecule has 0 bridgehead atoms. The third-order valence-electron chi connectivity index (χ3n) is 0.470. The molecule has 0 aromatic carbocycles. The van der Waals surface area contributed by atoms with Gasteiger partial charge in [0.1, 0.15) is 0 Å². The van der Waals surface area contributed by atoms with Crippen LogP contribution in [0.2, 0.25) is 0 Å². The highest BCUT2D eigenvalue weighted by Gasteiger charge is 1.78. The van der Waals surface area contributed by atoms with E-state index in [-0.39, 0.29) is 0 Å². The van der Waals surface area contributed by atoms with Crippen LogP contribution in [0, 0.1) is 0 Å². The maximum Gasteiger partial charge on any atom is 0.0447 e. The predicted molar refractivity (Wildman–Crippen MR) is 28.9 cm³/mol. The molecular weight excluding hydrogens is 96.1 g/mol. The molecule has 0 aliphatic carbocycles. The lowest BCUT2D eigenvalue weighted by Gasteiger charge is -1.78. The summed E-state index contributed by atoms with van der Waals surface area (Å²) in [4.78, 5) is 0. The Balaban J connectivity index is 3.23. The molecule has 0 radical (unpaired) electrons. The van der Waals surface area contributed by atoms with Gasteiger partial charge in [0.2, 0.25) is 0 Å². The maximum absolute atomic E-state index is 10.2. The average Bonchev–Trinajstić information content (AvgIpc) is 1.65. The Morgan fingerprint density at radius 1 is 2.00 bits per heavy atom. The molecule has 0 aromatic heterocycles. The zero-order valence-electron chi connectivity index (χ0n) is 3.81. The van der Waals surface area contributed by atoms with Gasteiger partial charge in [-0.3, -0.25) is 4.21 Å². The monoisotopic (exact) mass is 104 g/mol. The summed E-state index contributed by atoms with van der Waals surface area (Å²) in [5.74, 6) is 0.684. The normalized spacial score (nSPS) is 13.5. The Morgan fingerprint density at radius 2 is 2.50 bits per heavy atom. The summed E-state index contributed by atoms with van der Waals surface area (Å²) < 4.78 is 10.2. The van der Waals surface area contributed by atoms with E-state index >= 15 is 0 Å². The summed E-state index contributed by atoms with van der Waals surface area (Å²) in [5.41, 5.74) is 0. The third-order valence-corrected chi connectivity index (χ3v) is 1.41. The summed E-state index contributed by atoms with van der Waals surface area (Å²) in [6.07, 6.45) is 0. The quantitative estimate of drug-likeness (QED) is 0.508. The molecule has 0 spiro atoms. The lowest BCUT2D eigenvalue weighted by Crippen LogP contribution is -1.82. The second kappa shape index (κ2) is 3.09. The van der Waals surface area contributed by atoms with Crippen LogP contribution in [0.4, 0.5) is 0 Å². The molecule has 0 aromatic rings. The Bertz CT molecular complexity index is 67.9. The van der Waals surface area contributed by atoms with Gasteiger partial charge in [-0.25, -0.2) is 0 Å². The Kier molecular flexibility index (Phi) is 3.04. The molecule has 1 atom stereocenters. The first-order chi connectivity index (χ1) is 2.81. The van der Waals surface area contributed by atoms with Crippen LogP contribution in [0.15, 0.2) is 12.0 Å². The molecule has 6 heavy (non-hydrogen) atoms. The van der Waals surface area contributed by atoms with Gasteiger partial charge in [-0.15, -0.1) is 0 Å². The number of hydrogen-bond donors (Lipinski definition) is 0. The van der Waals surface area contributed by atoms with E-state index in [9.17, 15) is 4.21 Å². The van der Waals surface area contributed by atoms with Crippen molar-refractivity contribution in [3.05, 3.63) is 12.0 Å². The first-order valence-corrected chi connectivity index (χ1v) is 3.19. The minimum atomic E-state index is -0.770. The lowest BCUT2D eigenvalue weighted by molar-refractivity contribution is 0.689. The molecule has 0 fully saturated rings. The van der Waals surface area contributed by atoms with E-state index in [1.54, 1.807) is 0 Å². The van der Waals surface area contributed by atoms with Crippen LogP contribution in [0.5, 0.6) is 0 Å². The van der Waals surface area contributed by atoms with Gasteiger partial charge in [0, 0.05) is 16.6 Å². The van der Waals surface area contributed by atoms with Crippen molar-refractivity contribution < 1.29 is 4.21 Å². The van der Waals surface area contributed by atoms with Crippen molar-refractivity contribution in [3.63, 3.8) is 0 Å². The minimum absolute atomic E-state index is 0.684. The van der Waals surface area contributed by atoms with E-state index in [4.69, 9.17) is 0 Å². The highest BCUT2D eigenvalue weighted by Crippen LogP contribution is 1.76. The van der Waals surface area contributed by atoms with E-state index in [1.165, 1.54) is 5.41 Å². The summed E-state index contributed by atoms with van der Waals surface area (Å²) in [5, 5.41) is 1.44. The molecule has 0 aliphatic rings. The Hall–Kier alpha value is -0.110. The van der Waals surface area contributed by atoms with Crippen molar-refractivity contribution >= 4 is 10.8 Å². The SMILES string of the molecule is C=C[S@](=O)CC. The van der Waals surface area contributed by atoms with Gasteiger partial charge in [0.25, 0.3) is 0 Å². The molecule has 0 saturated carbocycles. The van der Waals surface area contributed by atoms with Gasteiger partial charge >= 0.3 is 0 Å². The van der Waals surface area contributed by atoms with E-state index in [0.29, 0.717) is 5.75 Å². The molecule has 0 heterocycles. The molecule has 1 nitrogen and oxygen atoms in total. The molecule has 0 unspecified atom stereocenters. The second-order valence-electron chi connectivity index (χ2n) is 0.836. The fourth-order valence-electron chi connectivity index (χ4n) is 0.118. The lowest BCUT2D eigenvalue weighted by atomic mass is 11.0. The summed E-state index contributed by atoms with van der Waals surface area (Å²) in [6.45, 7) is 5.19. The van der Waals surface area contributed by atoms with Gasteiger partial charge in [-0.2, -0.15) is 0 Å². The van der Waals surface area contributed by atoms with E-state index in [1.807, 2.05) is 6.92 Å². The van der Waals surface area contributed by atoms with Crippen molar-refractivity contribution in [2.45, 2.75) is 6.92 Å². The van der Waals surface area contributed by atoms with Gasteiger partial charge in [0.05, 0.1) is 0 Å². The predicted octanol–water partition coefficient (Wildman–Crippen LogP) is 0.898. The fraction of sp³-hybridized carbons (Fsp3) is 0.500. The topological polar surface area (TPSA) is 17.1 Å². The molecular formula is C4H8OS. The first-order valence-electron chi connectivity index (χ1n) is 1.81. The standard InChI is InChI=1S/C4H8OS/c1-3-6(5)4-2/h3H,1,4H2,2H3/t6-/m0/s1. The van der Waals surface area contributed by atoms with Crippen LogP contribution in [-0.4, -0.2) is 9.96 Å². The average molecular weight is 104 g/mol. The van der Waals surface area contributed by atoms with Crippen LogP contribution in [-0.2, 0) is 10.8 Å². The fourth-order valence-corrected chi connectivity index (χ4v) is 0.354. The molecule has 0 amide bonds. The van der Waals surface area contributed by atoms with E-state index < -0.39 is 10.8 Å². The van der Waals surface area contributed by atoms with Gasteiger partial charge in [-0.1, -0.05) is 13.5 Å². The van der Waals surface area contributed by atoms with Crippen LogP contribution in [0.25, 0.3) is 0 Å². The minimum Gasteiger partial charge on any atom is -0.255 e. The van der Waals surface area contributed by atoms with Gasteiger partial charge < -0.3 is 0 Å². The highest BCUT2D eigenvalue weighted by molar-refractivity contribution is 7.87. The molecule has 2 heteroatoms. The zero-order chi connectivity index (χ0) is 4.99. The van der Waals surface area contributed by atoms with Crippen LogP contribution in [0.1, 0.15) is 6.92 Å². The smallest absolute Gasteiger partial charge is 0.0447 e. The largest absolute Gasteiger partial charge is 0.255 e. The number of rotatable bonds is 2. The molecule has 0 rings (SSSR count). The molecule has 0 N–H and O–H groups in total. The van der Waals surface area contributed by atoms with Crippen molar-refractivity contribution in [1.29, 1.82) is 0 Å². The first kappa shape index (κ1) is 5.89. The van der Waals surface area contributed by atoms with Crippen LogP contribution >= 0.6 is 0 Å². The van der Waals surface area contributed by atoms with Crippen molar-refractivity contribution in [2.24, 2.45) is 0 Å². The van der Waals surface area contributed by atoms with Crippen molar-refractivity contribution in [1.82, 2.24) is 0 Å². The van der Waals surface area contributed by atoms with Crippen molar-refractivity contribution in [3.8, 4) is 0 Å². The van der Waals surface area contributed by atoms with E-state index in [2.05, 4.69) is 6.58 Å². The number of hydrogen-bond acceptors (Lipinski definition) is 1. The van der Waals surface area contributed by atoms with E-state index in [0.717, 1.165) is 0 Å². The maximum atomic E-state index is 10.2. The van der Waals surface area contributed by atoms with Crippen LogP contribution < -0.4 is 0 Å². The second-order valence-corrected chi connectivity index (χ2v) is 2.51. The molecule has 0 aliphatic heterocycles. The zero-order valence-corrected chi connectivity index (χ0v) is 4.62. The summed E-state index contributed by atoms with van der Waals surface area (Å²) >= 11 is 0. The summed E-state index contributed by atoms with van der Waals surface area (Å²) in [7, 11) is -0.770. The van der Waals surface area contributed by atoms with Crippen molar-refractivity contribution in [2.75, 3.05) is 5.75 Å². The molecule has 0 saturated heterocycles. The van der Waals surface area contributed by atoms with Gasteiger partial charge in [-0.05, 0) is 5.41 Å². The van der Waals surface area contributed by atoms with Gasteiger partial charge in [0.15, 0.2) is 0 Å². The third kappa shape index (κ3) is 2.15. The highest BCUT2D eigenvalue weighted by atomic mass is 32.2. The molecule has 36 valence electrons. The van der Waals surface area contributed by atoms with Crippen LogP contribution in [0.3, 0.4) is 0 Å². The Morgan fingerprint density at radius 3 is 2.50 bits per heavy atom. The summed E-state index contributed by atoms with van der Waals surface area (Å²) in [6, 6.07) is 0.